The first kappa shape index (κ1) is 12.9. The number of benzene rings is 1. The number of amides is 1. The van der Waals surface area contributed by atoms with Crippen LogP contribution in [0.3, 0.4) is 0 Å². The Morgan fingerprint density at radius 1 is 1.37 bits per heavy atom. The van der Waals surface area contributed by atoms with Crippen LogP contribution >= 0.6 is 23.2 Å². The highest BCUT2D eigenvalue weighted by Gasteiger charge is 2.56. The lowest BCUT2D eigenvalue weighted by Gasteiger charge is -2.21. The molecular formula is C13H11Cl2NO3. The van der Waals surface area contributed by atoms with Crippen molar-refractivity contribution in [2.75, 3.05) is 24.7 Å². The van der Waals surface area contributed by atoms with Gasteiger partial charge >= 0.3 is 0 Å². The number of halogens is 2. The summed E-state index contributed by atoms with van der Waals surface area (Å²) in [4.78, 5) is 14.1. The summed E-state index contributed by atoms with van der Waals surface area (Å²) in [5.41, 5.74) is 1.15. The van der Waals surface area contributed by atoms with Crippen LogP contribution in [0.5, 0.6) is 0 Å². The second-order valence-electron chi connectivity index (χ2n) is 4.28. The fraction of sp³-hybridized carbons (Fsp3) is 0.308. The minimum atomic E-state index is -1.37. The van der Waals surface area contributed by atoms with Crippen molar-refractivity contribution in [3.8, 4) is 0 Å². The number of nitrogens with zero attached hydrogens (tertiary/aromatic N) is 1. The Hall–Kier alpha value is -1.07. The predicted octanol–water partition coefficient (Wildman–Crippen LogP) is 2.73. The Balaban J connectivity index is 2.23. The van der Waals surface area contributed by atoms with E-state index in [1.807, 2.05) is 0 Å². The topological polar surface area (TPSA) is 38.8 Å². The van der Waals surface area contributed by atoms with Crippen molar-refractivity contribution in [1.29, 1.82) is 0 Å². The summed E-state index contributed by atoms with van der Waals surface area (Å²) in [6.07, 6.45) is 1.62. The average Bonchev–Trinajstić information content (AvgIpc) is 2.96. The molecule has 100 valence electrons. The van der Waals surface area contributed by atoms with E-state index in [9.17, 15) is 4.79 Å². The monoisotopic (exact) mass is 299 g/mol. The Morgan fingerprint density at radius 3 is 2.68 bits per heavy atom. The quantitative estimate of drug-likeness (QED) is 0.788. The van der Waals surface area contributed by atoms with Crippen LogP contribution in [-0.2, 0) is 20.1 Å². The summed E-state index contributed by atoms with van der Waals surface area (Å²) < 4.78 is 11.1. The van der Waals surface area contributed by atoms with Crippen molar-refractivity contribution in [3.63, 3.8) is 0 Å². The highest BCUT2D eigenvalue weighted by atomic mass is 35.5. The predicted molar refractivity (Wildman–Crippen MR) is 72.6 cm³/mol. The van der Waals surface area contributed by atoms with Gasteiger partial charge in [-0.1, -0.05) is 29.3 Å². The lowest BCUT2D eigenvalue weighted by atomic mass is 10.1. The Kier molecular flexibility index (Phi) is 3.06. The van der Waals surface area contributed by atoms with Crippen LogP contribution in [0.25, 0.3) is 0 Å². The standard InChI is InChI=1S/C13H11Cl2NO3/c1-2-5-16-11-8(3-4-9(14)10(11)15)13(12(16)17)18-6-7-19-13/h2-4H,1,5-7H2. The zero-order chi connectivity index (χ0) is 13.6. The zero-order valence-corrected chi connectivity index (χ0v) is 11.5. The van der Waals surface area contributed by atoms with Gasteiger partial charge in [0.1, 0.15) is 0 Å². The summed E-state index contributed by atoms with van der Waals surface area (Å²) in [6, 6.07) is 3.36. The highest BCUT2D eigenvalue weighted by Crippen LogP contribution is 2.50. The highest BCUT2D eigenvalue weighted by molar-refractivity contribution is 6.44. The number of hydrogen-bond acceptors (Lipinski definition) is 3. The Morgan fingerprint density at radius 2 is 2.05 bits per heavy atom. The summed E-state index contributed by atoms with van der Waals surface area (Å²) in [5.74, 6) is -1.66. The normalized spacial score (nSPS) is 20.1. The molecule has 0 aromatic heterocycles. The van der Waals surface area contributed by atoms with Crippen molar-refractivity contribution in [3.05, 3.63) is 40.4 Å². The molecule has 4 nitrogen and oxygen atoms in total. The maximum absolute atomic E-state index is 12.6. The van der Waals surface area contributed by atoms with E-state index in [1.165, 1.54) is 4.90 Å². The molecule has 19 heavy (non-hydrogen) atoms. The third-order valence-corrected chi connectivity index (χ3v) is 4.02. The van der Waals surface area contributed by atoms with E-state index >= 15 is 0 Å². The molecule has 1 fully saturated rings. The number of carbonyl (C=O) groups excluding carboxylic acids is 1. The van der Waals surface area contributed by atoms with E-state index in [4.69, 9.17) is 32.7 Å². The van der Waals surface area contributed by atoms with E-state index in [2.05, 4.69) is 6.58 Å². The third-order valence-electron chi connectivity index (χ3n) is 3.23. The van der Waals surface area contributed by atoms with E-state index in [0.29, 0.717) is 41.1 Å². The van der Waals surface area contributed by atoms with Crippen molar-refractivity contribution in [1.82, 2.24) is 0 Å². The van der Waals surface area contributed by atoms with Gasteiger partial charge in [0.15, 0.2) is 0 Å². The summed E-state index contributed by atoms with van der Waals surface area (Å²) in [6.45, 7) is 4.70. The van der Waals surface area contributed by atoms with Crippen molar-refractivity contribution in [2.24, 2.45) is 0 Å². The van der Waals surface area contributed by atoms with Crippen LogP contribution < -0.4 is 4.90 Å². The average molecular weight is 300 g/mol. The molecule has 1 aromatic carbocycles. The van der Waals surface area contributed by atoms with Crippen LogP contribution in [0, 0.1) is 0 Å². The molecule has 6 heteroatoms. The largest absolute Gasteiger partial charge is 0.336 e. The second kappa shape index (κ2) is 4.49. The second-order valence-corrected chi connectivity index (χ2v) is 5.06. The maximum atomic E-state index is 12.6. The SMILES string of the molecule is C=CCN1C(=O)C2(OCCO2)c2ccc(Cl)c(Cl)c21. The number of rotatable bonds is 2. The molecular weight excluding hydrogens is 289 g/mol. The number of ether oxygens (including phenoxy) is 2. The van der Waals surface area contributed by atoms with Gasteiger partial charge < -0.3 is 14.4 Å². The van der Waals surface area contributed by atoms with Gasteiger partial charge in [-0.05, 0) is 12.1 Å². The molecule has 0 bridgehead atoms. The van der Waals surface area contributed by atoms with Crippen LogP contribution in [-0.4, -0.2) is 25.7 Å². The molecule has 3 rings (SSSR count). The summed E-state index contributed by atoms with van der Waals surface area (Å²) in [7, 11) is 0. The maximum Gasteiger partial charge on any atom is 0.292 e. The van der Waals surface area contributed by atoms with Gasteiger partial charge in [-0.15, -0.1) is 6.58 Å². The fourth-order valence-corrected chi connectivity index (χ4v) is 2.88. The number of carbonyl (C=O) groups is 1. The van der Waals surface area contributed by atoms with E-state index in [-0.39, 0.29) is 5.91 Å². The zero-order valence-electron chi connectivity index (χ0n) is 9.99. The minimum Gasteiger partial charge on any atom is -0.336 e. The van der Waals surface area contributed by atoms with Crippen LogP contribution in [0.4, 0.5) is 5.69 Å². The molecule has 2 aliphatic rings. The van der Waals surface area contributed by atoms with E-state index < -0.39 is 5.79 Å². The third kappa shape index (κ3) is 1.64. The van der Waals surface area contributed by atoms with Crippen LogP contribution in [0.15, 0.2) is 24.8 Å². The van der Waals surface area contributed by atoms with Crippen molar-refractivity contribution < 1.29 is 14.3 Å². The van der Waals surface area contributed by atoms with Crippen LogP contribution in [0.1, 0.15) is 5.56 Å². The molecule has 1 aromatic rings. The molecule has 1 spiro atoms. The Labute approximate surface area is 120 Å². The van der Waals surface area contributed by atoms with Gasteiger partial charge in [0.05, 0.1) is 28.9 Å². The molecule has 0 unspecified atom stereocenters. The van der Waals surface area contributed by atoms with Crippen molar-refractivity contribution in [2.45, 2.75) is 5.79 Å². The van der Waals surface area contributed by atoms with Gasteiger partial charge in [-0.2, -0.15) is 0 Å². The number of anilines is 1. The fourth-order valence-electron chi connectivity index (χ4n) is 2.46. The minimum absolute atomic E-state index is 0.288. The lowest BCUT2D eigenvalue weighted by Crippen LogP contribution is -2.41. The van der Waals surface area contributed by atoms with Gasteiger partial charge in [0, 0.05) is 12.1 Å². The summed E-state index contributed by atoms with van der Waals surface area (Å²) >= 11 is 12.2. The first-order valence-corrected chi connectivity index (χ1v) is 6.56. The lowest BCUT2D eigenvalue weighted by molar-refractivity contribution is -0.180. The first-order chi connectivity index (χ1) is 9.12. The molecule has 2 aliphatic heterocycles. The number of hydrogen-bond donors (Lipinski definition) is 0. The summed E-state index contributed by atoms with van der Waals surface area (Å²) in [5, 5.41) is 0.711. The van der Waals surface area contributed by atoms with Gasteiger partial charge in [-0.3, -0.25) is 4.79 Å². The molecule has 2 heterocycles. The smallest absolute Gasteiger partial charge is 0.292 e. The Bertz CT molecular complexity index is 567. The van der Waals surface area contributed by atoms with Gasteiger partial charge in [0.25, 0.3) is 11.7 Å². The van der Waals surface area contributed by atoms with Gasteiger partial charge in [0.2, 0.25) is 0 Å². The van der Waals surface area contributed by atoms with Crippen molar-refractivity contribution >= 4 is 34.8 Å². The molecule has 0 aliphatic carbocycles. The molecule has 0 saturated carbocycles. The van der Waals surface area contributed by atoms with E-state index in [1.54, 1.807) is 18.2 Å². The molecule has 0 radical (unpaired) electrons. The number of fused-ring (bicyclic) bond motifs is 2. The van der Waals surface area contributed by atoms with E-state index in [0.717, 1.165) is 0 Å². The molecule has 0 atom stereocenters. The molecule has 0 N–H and O–H groups in total. The molecule has 1 saturated heterocycles. The van der Waals surface area contributed by atoms with Crippen LogP contribution in [0.2, 0.25) is 10.0 Å². The molecule has 1 amide bonds. The first-order valence-electron chi connectivity index (χ1n) is 5.81. The van der Waals surface area contributed by atoms with Gasteiger partial charge in [-0.25, -0.2) is 0 Å².